The van der Waals surface area contributed by atoms with Crippen LogP contribution in [0.3, 0.4) is 0 Å². The maximum Gasteiger partial charge on any atom is 0.226 e. The summed E-state index contributed by atoms with van der Waals surface area (Å²) in [6.07, 6.45) is 0. The third-order valence-electron chi connectivity index (χ3n) is 3.91. The van der Waals surface area contributed by atoms with Crippen LogP contribution in [0.15, 0.2) is 24.3 Å². The minimum atomic E-state index is -0.503. The first-order valence-corrected chi connectivity index (χ1v) is 6.51. The Balaban J connectivity index is 2.06. The summed E-state index contributed by atoms with van der Waals surface area (Å²) in [6.45, 7) is 4.79. The van der Waals surface area contributed by atoms with Gasteiger partial charge in [0.25, 0.3) is 0 Å². The topological polar surface area (TPSA) is 59.2 Å². The number of hydrogen-bond donors (Lipinski definition) is 1. The van der Waals surface area contributed by atoms with Crippen LogP contribution < -0.4 is 10.6 Å². The second kappa shape index (κ2) is 4.16. The van der Waals surface area contributed by atoms with Crippen molar-refractivity contribution in [1.82, 2.24) is 4.98 Å². The van der Waals surface area contributed by atoms with Crippen molar-refractivity contribution in [3.05, 3.63) is 35.8 Å². The number of carbonyl (C=O) groups is 1. The number of fused-ring (bicyclic) bond motifs is 1. The molecule has 4 nitrogen and oxygen atoms in total. The summed E-state index contributed by atoms with van der Waals surface area (Å²) >= 11 is 0. The number of aromatic nitrogens is 1. The van der Waals surface area contributed by atoms with Crippen molar-refractivity contribution in [3.63, 3.8) is 0 Å². The lowest BCUT2D eigenvalue weighted by Gasteiger charge is -2.47. The highest BCUT2D eigenvalue weighted by Gasteiger charge is 2.44. The van der Waals surface area contributed by atoms with Gasteiger partial charge < -0.3 is 10.6 Å². The van der Waals surface area contributed by atoms with Crippen molar-refractivity contribution in [1.29, 1.82) is 0 Å². The number of primary amides is 1. The van der Waals surface area contributed by atoms with Crippen molar-refractivity contribution in [2.75, 3.05) is 18.0 Å². The molecule has 1 aliphatic rings. The van der Waals surface area contributed by atoms with Crippen LogP contribution in [0.2, 0.25) is 0 Å². The smallest absolute Gasteiger partial charge is 0.226 e. The van der Waals surface area contributed by atoms with Gasteiger partial charge in [0.2, 0.25) is 5.91 Å². The first-order valence-electron chi connectivity index (χ1n) is 6.51. The van der Waals surface area contributed by atoms with E-state index in [9.17, 15) is 9.18 Å². The lowest BCUT2D eigenvalue weighted by molar-refractivity contribution is -0.128. The third-order valence-corrected chi connectivity index (χ3v) is 3.91. The van der Waals surface area contributed by atoms with Gasteiger partial charge in [-0.05, 0) is 26.0 Å². The molecule has 1 amide bonds. The second-order valence-corrected chi connectivity index (χ2v) is 5.70. The number of amides is 1. The Morgan fingerprint density at radius 1 is 1.45 bits per heavy atom. The zero-order valence-corrected chi connectivity index (χ0v) is 11.5. The Bertz CT molecular complexity index is 708. The fourth-order valence-electron chi connectivity index (χ4n) is 2.70. The molecule has 20 heavy (non-hydrogen) atoms. The molecule has 104 valence electrons. The minimum Gasteiger partial charge on any atom is -0.369 e. The number of aryl methyl sites for hydroxylation is 1. The molecule has 5 heteroatoms. The Morgan fingerprint density at radius 2 is 2.15 bits per heavy atom. The molecule has 0 unspecified atom stereocenters. The zero-order chi connectivity index (χ0) is 14.5. The third kappa shape index (κ3) is 1.81. The Morgan fingerprint density at radius 3 is 2.80 bits per heavy atom. The van der Waals surface area contributed by atoms with Crippen molar-refractivity contribution < 1.29 is 9.18 Å². The Hall–Kier alpha value is -2.17. The van der Waals surface area contributed by atoms with Crippen LogP contribution in [0.5, 0.6) is 0 Å². The molecule has 1 aliphatic heterocycles. The zero-order valence-electron chi connectivity index (χ0n) is 11.5. The van der Waals surface area contributed by atoms with Crippen LogP contribution in [-0.2, 0) is 4.79 Å². The molecule has 2 heterocycles. The molecular formula is C15H16FN3O. The summed E-state index contributed by atoms with van der Waals surface area (Å²) in [5.74, 6) is -0.624. The number of carbonyl (C=O) groups excluding carboxylic acids is 1. The van der Waals surface area contributed by atoms with Gasteiger partial charge in [0.05, 0.1) is 5.41 Å². The number of para-hydroxylation sites is 1. The number of nitrogens with zero attached hydrogens (tertiary/aromatic N) is 2. The van der Waals surface area contributed by atoms with Gasteiger partial charge in [-0.2, -0.15) is 0 Å². The van der Waals surface area contributed by atoms with Crippen LogP contribution in [0.4, 0.5) is 10.1 Å². The fourth-order valence-corrected chi connectivity index (χ4v) is 2.70. The van der Waals surface area contributed by atoms with Crippen LogP contribution >= 0.6 is 0 Å². The lowest BCUT2D eigenvalue weighted by Crippen LogP contribution is -2.61. The van der Waals surface area contributed by atoms with E-state index in [4.69, 9.17) is 5.73 Å². The van der Waals surface area contributed by atoms with Gasteiger partial charge in [0.1, 0.15) is 11.3 Å². The van der Waals surface area contributed by atoms with Crippen LogP contribution in [-0.4, -0.2) is 24.0 Å². The molecule has 0 saturated carbocycles. The molecule has 1 aromatic heterocycles. The van der Waals surface area contributed by atoms with E-state index in [0.29, 0.717) is 18.6 Å². The fraction of sp³-hybridized carbons (Fsp3) is 0.333. The standard InChI is InChI=1S/C15H16FN3O/c1-9-6-12(19-7-15(2,8-19)14(17)20)10-4-3-5-11(16)13(10)18-9/h3-6H,7-8H2,1-2H3,(H2,17,20). The normalized spacial score (nSPS) is 17.1. The van der Waals surface area contributed by atoms with Crippen LogP contribution in [0.25, 0.3) is 10.9 Å². The minimum absolute atomic E-state index is 0.296. The van der Waals surface area contributed by atoms with Gasteiger partial charge in [-0.3, -0.25) is 4.79 Å². The van der Waals surface area contributed by atoms with E-state index >= 15 is 0 Å². The first-order chi connectivity index (χ1) is 9.40. The van der Waals surface area contributed by atoms with E-state index in [-0.39, 0.29) is 11.7 Å². The summed E-state index contributed by atoms with van der Waals surface area (Å²) in [7, 11) is 0. The largest absolute Gasteiger partial charge is 0.369 e. The van der Waals surface area contributed by atoms with Gasteiger partial charge in [-0.15, -0.1) is 0 Å². The predicted molar refractivity (Wildman–Crippen MR) is 76.0 cm³/mol. The predicted octanol–water partition coefficient (Wildman–Crippen LogP) is 1.99. The maximum atomic E-state index is 13.9. The quantitative estimate of drug-likeness (QED) is 0.910. The van der Waals surface area contributed by atoms with E-state index < -0.39 is 5.41 Å². The monoisotopic (exact) mass is 273 g/mol. The average molecular weight is 273 g/mol. The summed E-state index contributed by atoms with van der Waals surface area (Å²) in [6, 6.07) is 6.84. The molecule has 0 atom stereocenters. The number of pyridine rings is 1. The highest BCUT2D eigenvalue weighted by molar-refractivity contribution is 5.94. The maximum absolute atomic E-state index is 13.9. The Labute approximate surface area is 116 Å². The van der Waals surface area contributed by atoms with Gasteiger partial charge in [-0.25, -0.2) is 9.37 Å². The van der Waals surface area contributed by atoms with E-state index in [2.05, 4.69) is 4.98 Å². The van der Waals surface area contributed by atoms with Gasteiger partial charge in [0, 0.05) is 29.9 Å². The van der Waals surface area contributed by atoms with E-state index in [1.807, 2.05) is 30.9 Å². The van der Waals surface area contributed by atoms with Gasteiger partial charge >= 0.3 is 0 Å². The van der Waals surface area contributed by atoms with Crippen molar-refractivity contribution in [2.24, 2.45) is 11.1 Å². The van der Waals surface area contributed by atoms with E-state index in [1.54, 1.807) is 6.07 Å². The molecule has 0 bridgehead atoms. The number of benzene rings is 1. The molecule has 1 fully saturated rings. The molecule has 2 aromatic rings. The molecule has 1 saturated heterocycles. The number of nitrogens with two attached hydrogens (primary N) is 1. The first kappa shape index (κ1) is 12.8. The molecule has 0 spiro atoms. The van der Waals surface area contributed by atoms with E-state index in [0.717, 1.165) is 16.8 Å². The Kier molecular flexibility index (Phi) is 2.67. The average Bonchev–Trinajstić information content (AvgIpc) is 2.35. The molecule has 1 aromatic carbocycles. The number of hydrogen-bond acceptors (Lipinski definition) is 3. The highest BCUT2D eigenvalue weighted by atomic mass is 19.1. The molecule has 3 rings (SSSR count). The van der Waals surface area contributed by atoms with Crippen molar-refractivity contribution in [2.45, 2.75) is 13.8 Å². The summed E-state index contributed by atoms with van der Waals surface area (Å²) in [5.41, 5.74) is 6.93. The van der Waals surface area contributed by atoms with Gasteiger partial charge in [-0.1, -0.05) is 12.1 Å². The van der Waals surface area contributed by atoms with Crippen LogP contribution in [0, 0.1) is 18.2 Å². The molecular weight excluding hydrogens is 257 g/mol. The van der Waals surface area contributed by atoms with Crippen LogP contribution in [0.1, 0.15) is 12.6 Å². The lowest BCUT2D eigenvalue weighted by atomic mass is 9.80. The van der Waals surface area contributed by atoms with E-state index in [1.165, 1.54) is 6.07 Å². The number of halogens is 1. The summed E-state index contributed by atoms with van der Waals surface area (Å²) in [4.78, 5) is 17.7. The summed E-state index contributed by atoms with van der Waals surface area (Å²) < 4.78 is 13.9. The highest BCUT2D eigenvalue weighted by Crippen LogP contribution is 2.37. The number of rotatable bonds is 2. The number of anilines is 1. The second-order valence-electron chi connectivity index (χ2n) is 5.70. The van der Waals surface area contributed by atoms with Crippen molar-refractivity contribution >= 4 is 22.5 Å². The molecule has 0 aliphatic carbocycles. The molecule has 2 N–H and O–H groups in total. The van der Waals surface area contributed by atoms with Gasteiger partial charge in [0.15, 0.2) is 0 Å². The van der Waals surface area contributed by atoms with Crippen molar-refractivity contribution in [3.8, 4) is 0 Å². The summed E-state index contributed by atoms with van der Waals surface area (Å²) in [5, 5.41) is 0.766. The molecule has 0 radical (unpaired) electrons. The SMILES string of the molecule is Cc1cc(N2CC(C)(C(N)=O)C2)c2cccc(F)c2n1.